The van der Waals surface area contributed by atoms with Crippen LogP contribution in [-0.4, -0.2) is 19.5 Å². The van der Waals surface area contributed by atoms with E-state index in [0.717, 1.165) is 11.3 Å². The van der Waals surface area contributed by atoms with Crippen LogP contribution < -0.4 is 14.8 Å². The summed E-state index contributed by atoms with van der Waals surface area (Å²) in [4.78, 5) is 28.0. The van der Waals surface area contributed by atoms with Crippen LogP contribution in [0.15, 0.2) is 69.9 Å². The van der Waals surface area contributed by atoms with Crippen molar-refractivity contribution in [2.45, 2.75) is 13.5 Å². The van der Waals surface area contributed by atoms with Crippen LogP contribution in [0.2, 0.25) is 0 Å². The van der Waals surface area contributed by atoms with E-state index < -0.39 is 4.92 Å². The Morgan fingerprint density at radius 3 is 2.67 bits per heavy atom. The highest BCUT2D eigenvalue weighted by Gasteiger charge is 2.13. The largest absolute Gasteiger partial charge is 0.485 e. The van der Waals surface area contributed by atoms with Crippen LogP contribution in [0.4, 0.5) is 5.69 Å². The molecule has 0 aliphatic carbocycles. The topological polar surface area (TPSA) is 113 Å². The zero-order valence-corrected chi connectivity index (χ0v) is 18.1. The molecule has 0 bridgehead atoms. The molecule has 164 valence electrons. The van der Waals surface area contributed by atoms with Crippen molar-refractivity contribution in [2.75, 3.05) is 0 Å². The van der Waals surface area contributed by atoms with Gasteiger partial charge in [-0.05, 0) is 42.8 Å². The van der Waals surface area contributed by atoms with Crippen molar-refractivity contribution in [2.24, 2.45) is 0 Å². The number of rotatable bonds is 6. The van der Waals surface area contributed by atoms with Crippen molar-refractivity contribution in [1.82, 2.24) is 14.6 Å². The molecule has 0 N–H and O–H groups in total. The van der Waals surface area contributed by atoms with Gasteiger partial charge in [-0.15, -0.1) is 5.10 Å². The number of thiazole rings is 1. The number of non-ortho nitro benzene ring substituents is 1. The second kappa shape index (κ2) is 8.32. The maximum absolute atomic E-state index is 12.7. The van der Waals surface area contributed by atoms with Crippen LogP contribution in [0.3, 0.4) is 0 Å². The predicted octanol–water partition coefficient (Wildman–Crippen LogP) is 3.75. The van der Waals surface area contributed by atoms with Gasteiger partial charge in [0, 0.05) is 23.8 Å². The first-order valence-electron chi connectivity index (χ1n) is 9.91. The molecule has 0 atom stereocenters. The highest BCUT2D eigenvalue weighted by molar-refractivity contribution is 7.15. The minimum absolute atomic E-state index is 0.00573. The average Bonchev–Trinajstić information content (AvgIpc) is 3.51. The second-order valence-electron chi connectivity index (χ2n) is 7.20. The normalized spacial score (nSPS) is 11.8. The predicted molar refractivity (Wildman–Crippen MR) is 122 cm³/mol. The SMILES string of the molecule is Cc1ccccc1OCc1nc2sc(=Cc3ccc(-c4ccc([N+](=O)[O-])cc4)o3)c(=O)n2n1. The Bertz CT molecular complexity index is 1580. The molecule has 0 fully saturated rings. The van der Waals surface area contributed by atoms with E-state index in [-0.39, 0.29) is 17.9 Å². The van der Waals surface area contributed by atoms with Crippen LogP contribution in [0.1, 0.15) is 17.1 Å². The fraction of sp³-hybridized carbons (Fsp3) is 0.0870. The van der Waals surface area contributed by atoms with Crippen LogP contribution in [0.5, 0.6) is 5.75 Å². The molecule has 0 amide bonds. The summed E-state index contributed by atoms with van der Waals surface area (Å²) in [5.41, 5.74) is 1.42. The molecule has 33 heavy (non-hydrogen) atoms. The van der Waals surface area contributed by atoms with E-state index >= 15 is 0 Å². The van der Waals surface area contributed by atoms with Crippen LogP contribution in [0.25, 0.3) is 22.4 Å². The van der Waals surface area contributed by atoms with Gasteiger partial charge >= 0.3 is 0 Å². The van der Waals surface area contributed by atoms with E-state index in [4.69, 9.17) is 9.15 Å². The summed E-state index contributed by atoms with van der Waals surface area (Å²) in [6.07, 6.45) is 1.63. The Morgan fingerprint density at radius 1 is 1.15 bits per heavy atom. The van der Waals surface area contributed by atoms with Gasteiger partial charge in [-0.3, -0.25) is 14.9 Å². The number of fused-ring (bicyclic) bond motifs is 1. The summed E-state index contributed by atoms with van der Waals surface area (Å²) >= 11 is 1.21. The third kappa shape index (κ3) is 4.11. The van der Waals surface area contributed by atoms with Gasteiger partial charge in [-0.1, -0.05) is 29.5 Å². The minimum Gasteiger partial charge on any atom is -0.485 e. The number of para-hydroxylation sites is 1. The Labute approximate surface area is 190 Å². The lowest BCUT2D eigenvalue weighted by Gasteiger charge is -2.05. The summed E-state index contributed by atoms with van der Waals surface area (Å²) in [5.74, 6) is 2.19. The summed E-state index contributed by atoms with van der Waals surface area (Å²) in [6, 6.07) is 17.2. The molecule has 0 saturated carbocycles. The first-order valence-corrected chi connectivity index (χ1v) is 10.7. The molecule has 2 aromatic carbocycles. The lowest BCUT2D eigenvalue weighted by molar-refractivity contribution is -0.384. The smallest absolute Gasteiger partial charge is 0.291 e. The van der Waals surface area contributed by atoms with Crippen LogP contribution in [0, 0.1) is 17.0 Å². The molecule has 0 radical (unpaired) electrons. The van der Waals surface area contributed by atoms with Crippen molar-refractivity contribution >= 4 is 28.1 Å². The zero-order chi connectivity index (χ0) is 22.9. The van der Waals surface area contributed by atoms with Gasteiger partial charge in [0.1, 0.15) is 28.4 Å². The van der Waals surface area contributed by atoms with Crippen molar-refractivity contribution in [3.63, 3.8) is 0 Å². The Balaban J connectivity index is 1.37. The lowest BCUT2D eigenvalue weighted by Crippen LogP contribution is -2.23. The third-order valence-corrected chi connectivity index (χ3v) is 5.90. The fourth-order valence-electron chi connectivity index (χ4n) is 3.26. The van der Waals surface area contributed by atoms with Crippen molar-refractivity contribution in [3.05, 3.63) is 103 Å². The Morgan fingerprint density at radius 2 is 1.94 bits per heavy atom. The number of nitrogens with zero attached hydrogens (tertiary/aromatic N) is 4. The highest BCUT2D eigenvalue weighted by atomic mass is 32.1. The molecule has 3 aromatic heterocycles. The first kappa shape index (κ1) is 20.6. The lowest BCUT2D eigenvalue weighted by atomic mass is 10.1. The fourth-order valence-corrected chi connectivity index (χ4v) is 4.17. The molecular weight excluding hydrogens is 444 g/mol. The molecule has 0 saturated heterocycles. The van der Waals surface area contributed by atoms with Gasteiger partial charge in [0.05, 0.1) is 4.92 Å². The number of aromatic nitrogens is 3. The summed E-state index contributed by atoms with van der Waals surface area (Å²) in [6.45, 7) is 2.11. The van der Waals surface area contributed by atoms with Gasteiger partial charge < -0.3 is 9.15 Å². The van der Waals surface area contributed by atoms with Crippen molar-refractivity contribution in [1.29, 1.82) is 0 Å². The maximum atomic E-state index is 12.7. The van der Waals surface area contributed by atoms with Gasteiger partial charge in [0.2, 0.25) is 4.96 Å². The van der Waals surface area contributed by atoms with E-state index in [2.05, 4.69) is 10.1 Å². The third-order valence-electron chi connectivity index (χ3n) is 4.94. The van der Waals surface area contributed by atoms with E-state index in [1.807, 2.05) is 31.2 Å². The van der Waals surface area contributed by atoms with E-state index in [0.29, 0.717) is 32.4 Å². The summed E-state index contributed by atoms with van der Waals surface area (Å²) < 4.78 is 13.2. The number of nitro groups is 1. The molecular formula is C23H16N4O5S. The molecule has 0 aliphatic heterocycles. The second-order valence-corrected chi connectivity index (χ2v) is 8.21. The zero-order valence-electron chi connectivity index (χ0n) is 17.3. The highest BCUT2D eigenvalue weighted by Crippen LogP contribution is 2.25. The summed E-state index contributed by atoms with van der Waals surface area (Å²) in [7, 11) is 0. The number of aryl methyl sites for hydroxylation is 1. The standard InChI is InChI=1S/C23H16N4O5S/c1-14-4-2-3-5-18(14)31-13-21-24-23-26(25-21)22(28)20(33-23)12-17-10-11-19(32-17)15-6-8-16(9-7-15)27(29)30/h2-12H,13H2,1H3. The number of hydrogen-bond donors (Lipinski definition) is 0. The van der Waals surface area contributed by atoms with E-state index in [1.54, 1.807) is 30.3 Å². The first-order chi connectivity index (χ1) is 16.0. The molecule has 3 heterocycles. The number of hydrogen-bond acceptors (Lipinski definition) is 8. The Hall–Kier alpha value is -4.31. The van der Waals surface area contributed by atoms with E-state index in [9.17, 15) is 14.9 Å². The molecule has 0 spiro atoms. The monoisotopic (exact) mass is 460 g/mol. The number of furan rings is 1. The van der Waals surface area contributed by atoms with E-state index in [1.165, 1.54) is 28.0 Å². The molecule has 5 aromatic rings. The molecule has 0 aliphatic rings. The van der Waals surface area contributed by atoms with Crippen molar-refractivity contribution < 1.29 is 14.1 Å². The molecule has 10 heteroatoms. The van der Waals surface area contributed by atoms with Crippen LogP contribution in [-0.2, 0) is 6.61 Å². The molecule has 5 rings (SSSR count). The number of ether oxygens (including phenoxy) is 1. The van der Waals surface area contributed by atoms with Gasteiger partial charge in [0.15, 0.2) is 5.82 Å². The average molecular weight is 460 g/mol. The molecule has 0 unspecified atom stereocenters. The van der Waals surface area contributed by atoms with Crippen molar-refractivity contribution in [3.8, 4) is 17.1 Å². The minimum atomic E-state index is -0.456. The van der Waals surface area contributed by atoms with Gasteiger partial charge in [0.25, 0.3) is 11.2 Å². The Kier molecular flexibility index (Phi) is 5.19. The maximum Gasteiger partial charge on any atom is 0.291 e. The number of nitro benzene ring substituents is 1. The number of benzene rings is 2. The molecule has 9 nitrogen and oxygen atoms in total. The van der Waals surface area contributed by atoms with Crippen LogP contribution >= 0.6 is 11.3 Å². The van der Waals surface area contributed by atoms with Gasteiger partial charge in [-0.25, -0.2) is 0 Å². The summed E-state index contributed by atoms with van der Waals surface area (Å²) in [5, 5.41) is 15.1. The quantitative estimate of drug-likeness (QED) is 0.280. The van der Waals surface area contributed by atoms with Gasteiger partial charge in [-0.2, -0.15) is 9.50 Å².